The van der Waals surface area contributed by atoms with Crippen molar-refractivity contribution in [3.63, 3.8) is 0 Å². The molecule has 0 aliphatic heterocycles. The van der Waals surface area contributed by atoms with Crippen molar-refractivity contribution in [3.05, 3.63) is 59.6 Å². The van der Waals surface area contributed by atoms with Gasteiger partial charge in [0.2, 0.25) is 0 Å². The van der Waals surface area contributed by atoms with Gasteiger partial charge in [0.1, 0.15) is 5.75 Å². The van der Waals surface area contributed by atoms with Crippen LogP contribution in [-0.4, -0.2) is 29.3 Å². The minimum Gasteiger partial charge on any atom is -0.431 e. The molecule has 3 nitrogen and oxygen atoms in total. The molecule has 0 N–H and O–H groups in total. The Hall–Kier alpha value is -1.69. The fourth-order valence-electron chi connectivity index (χ4n) is 1.72. The number of para-hydroxylation sites is 1. The van der Waals surface area contributed by atoms with Crippen molar-refractivity contribution in [3.8, 4) is 5.75 Å². The summed E-state index contributed by atoms with van der Waals surface area (Å²) in [7, 11) is 3.73. The molecule has 0 amide bonds. The van der Waals surface area contributed by atoms with Gasteiger partial charge in [0, 0.05) is 19.1 Å². The largest absolute Gasteiger partial charge is 0.431 e. The van der Waals surface area contributed by atoms with E-state index in [0.717, 1.165) is 5.69 Å². The molecular weight excluding hydrogens is 336 g/mol. The zero-order valence-corrected chi connectivity index (χ0v) is 14.6. The Balaban J connectivity index is 2.26. The Kier molecular flexibility index (Phi) is 5.71. The van der Waals surface area contributed by atoms with Crippen LogP contribution in [0.1, 0.15) is 0 Å². The zero-order valence-electron chi connectivity index (χ0n) is 12.2. The maximum atomic E-state index is 5.87. The molecule has 0 heterocycles. The molecule has 0 aliphatic rings. The molecule has 0 radical (unpaired) electrons. The third kappa shape index (κ3) is 4.16. The first kappa shape index (κ1) is 16.7. The number of anilines is 1. The summed E-state index contributed by atoms with van der Waals surface area (Å²) in [6, 6.07) is 16.6. The third-order valence-corrected chi connectivity index (χ3v) is 3.86. The van der Waals surface area contributed by atoms with E-state index in [1.165, 1.54) is 0 Å². The summed E-state index contributed by atoms with van der Waals surface area (Å²) >= 11 is 16.8. The molecule has 0 atom stereocenters. The molecule has 0 spiro atoms. The molecular formula is C16H15ClN2OS2. The van der Waals surface area contributed by atoms with Crippen molar-refractivity contribution < 1.29 is 4.74 Å². The standard InChI is InChI=1S/C16H15ClN2OS2/c1-18(2)15(21)19(13-6-4-3-5-7-13)16(22)20-14-10-8-12(17)9-11-14/h3-11H,1-2H3. The summed E-state index contributed by atoms with van der Waals surface area (Å²) in [4.78, 5) is 3.51. The van der Waals surface area contributed by atoms with Crippen LogP contribution < -0.4 is 9.64 Å². The molecule has 0 saturated heterocycles. The van der Waals surface area contributed by atoms with Gasteiger partial charge in [-0.2, -0.15) is 0 Å². The molecule has 0 fully saturated rings. The number of benzene rings is 2. The number of ether oxygens (including phenoxy) is 1. The van der Waals surface area contributed by atoms with Crippen LogP contribution in [0.25, 0.3) is 0 Å². The van der Waals surface area contributed by atoms with Gasteiger partial charge in [-0.1, -0.05) is 29.8 Å². The van der Waals surface area contributed by atoms with Crippen molar-refractivity contribution in [1.29, 1.82) is 0 Å². The monoisotopic (exact) mass is 350 g/mol. The number of thiocarbonyl (C=S) groups is 2. The summed E-state index contributed by atoms with van der Waals surface area (Å²) in [6.45, 7) is 0. The SMILES string of the molecule is CN(C)C(=S)N(C(=S)Oc1ccc(Cl)cc1)c1ccccc1. The lowest BCUT2D eigenvalue weighted by molar-refractivity contribution is 0.549. The smallest absolute Gasteiger partial charge is 0.275 e. The van der Waals surface area contributed by atoms with Crippen molar-refractivity contribution >= 4 is 52.0 Å². The van der Waals surface area contributed by atoms with Gasteiger partial charge in [-0.25, -0.2) is 4.90 Å². The summed E-state index contributed by atoms with van der Waals surface area (Å²) in [6.07, 6.45) is 0. The van der Waals surface area contributed by atoms with Crippen molar-refractivity contribution in [1.82, 2.24) is 4.90 Å². The average Bonchev–Trinajstić information content (AvgIpc) is 2.50. The highest BCUT2D eigenvalue weighted by atomic mass is 35.5. The van der Waals surface area contributed by atoms with E-state index >= 15 is 0 Å². The molecule has 114 valence electrons. The van der Waals surface area contributed by atoms with Gasteiger partial charge in [0.25, 0.3) is 5.17 Å². The molecule has 0 unspecified atom stereocenters. The summed E-state index contributed by atoms with van der Waals surface area (Å²) in [5.41, 5.74) is 0.847. The predicted octanol–water partition coefficient (Wildman–Crippen LogP) is 4.36. The summed E-state index contributed by atoms with van der Waals surface area (Å²) < 4.78 is 5.74. The maximum Gasteiger partial charge on any atom is 0.275 e. The van der Waals surface area contributed by atoms with Crippen molar-refractivity contribution in [2.75, 3.05) is 19.0 Å². The molecule has 0 saturated carbocycles. The Labute approximate surface area is 146 Å². The number of nitrogens with zero attached hydrogens (tertiary/aromatic N) is 2. The Morgan fingerprint density at radius 1 is 0.955 bits per heavy atom. The second kappa shape index (κ2) is 7.54. The van der Waals surface area contributed by atoms with Gasteiger partial charge in [-0.05, 0) is 60.8 Å². The zero-order chi connectivity index (χ0) is 16.1. The van der Waals surface area contributed by atoms with Crippen molar-refractivity contribution in [2.45, 2.75) is 0 Å². The van der Waals surface area contributed by atoms with Gasteiger partial charge in [-0.15, -0.1) is 0 Å². The van der Waals surface area contributed by atoms with Crippen LogP contribution in [-0.2, 0) is 0 Å². The van der Waals surface area contributed by atoms with Crippen molar-refractivity contribution in [2.24, 2.45) is 0 Å². The van der Waals surface area contributed by atoms with E-state index in [1.807, 2.05) is 44.4 Å². The molecule has 2 aromatic carbocycles. The van der Waals surface area contributed by atoms with E-state index in [-0.39, 0.29) is 5.17 Å². The van der Waals surface area contributed by atoms with Gasteiger partial charge >= 0.3 is 0 Å². The quantitative estimate of drug-likeness (QED) is 0.746. The van der Waals surface area contributed by atoms with E-state index in [1.54, 1.807) is 34.1 Å². The first-order chi connectivity index (χ1) is 10.5. The molecule has 22 heavy (non-hydrogen) atoms. The Morgan fingerprint density at radius 2 is 1.55 bits per heavy atom. The first-order valence-electron chi connectivity index (χ1n) is 6.53. The fraction of sp³-hybridized carbons (Fsp3) is 0.125. The van der Waals surface area contributed by atoms with Gasteiger partial charge < -0.3 is 9.64 Å². The topological polar surface area (TPSA) is 15.7 Å². The van der Waals surface area contributed by atoms with Crippen LogP contribution in [0.5, 0.6) is 5.75 Å². The molecule has 2 rings (SSSR count). The highest BCUT2D eigenvalue weighted by Crippen LogP contribution is 2.20. The highest BCUT2D eigenvalue weighted by Gasteiger charge is 2.20. The molecule has 2 aromatic rings. The maximum absolute atomic E-state index is 5.87. The van der Waals surface area contributed by atoms with Gasteiger partial charge in [-0.3, -0.25) is 0 Å². The number of hydrogen-bond acceptors (Lipinski definition) is 3. The van der Waals surface area contributed by atoms with E-state index in [9.17, 15) is 0 Å². The lowest BCUT2D eigenvalue weighted by Gasteiger charge is -2.28. The van der Waals surface area contributed by atoms with E-state index in [4.69, 9.17) is 40.8 Å². The van der Waals surface area contributed by atoms with Crippen LogP contribution in [0.3, 0.4) is 0 Å². The third-order valence-electron chi connectivity index (χ3n) is 2.79. The second-order valence-corrected chi connectivity index (χ2v) is 5.82. The van der Waals surface area contributed by atoms with Crippen LogP contribution in [0, 0.1) is 0 Å². The van der Waals surface area contributed by atoms with E-state index in [2.05, 4.69) is 0 Å². The predicted molar refractivity (Wildman–Crippen MR) is 99.9 cm³/mol. The Morgan fingerprint density at radius 3 is 2.09 bits per heavy atom. The lowest BCUT2D eigenvalue weighted by Crippen LogP contribution is -2.44. The number of rotatable bonds is 2. The van der Waals surface area contributed by atoms with Crippen LogP contribution in [0.2, 0.25) is 5.02 Å². The summed E-state index contributed by atoms with van der Waals surface area (Å²) in [5, 5.41) is 1.44. The van der Waals surface area contributed by atoms with Crippen LogP contribution in [0.15, 0.2) is 54.6 Å². The molecule has 0 bridgehead atoms. The Bertz CT molecular complexity index is 660. The lowest BCUT2D eigenvalue weighted by atomic mass is 10.3. The first-order valence-corrected chi connectivity index (χ1v) is 7.72. The van der Waals surface area contributed by atoms with E-state index in [0.29, 0.717) is 15.9 Å². The second-order valence-electron chi connectivity index (χ2n) is 4.67. The van der Waals surface area contributed by atoms with Crippen LogP contribution in [0.4, 0.5) is 5.69 Å². The number of hydrogen-bond donors (Lipinski definition) is 0. The molecule has 6 heteroatoms. The summed E-state index contributed by atoms with van der Waals surface area (Å²) in [5.74, 6) is 0.608. The minimum absolute atomic E-state index is 0.257. The van der Waals surface area contributed by atoms with Gasteiger partial charge in [0.05, 0.1) is 5.69 Å². The molecule has 0 aromatic heterocycles. The van der Waals surface area contributed by atoms with E-state index < -0.39 is 0 Å². The normalized spacial score (nSPS) is 9.95. The molecule has 0 aliphatic carbocycles. The highest BCUT2D eigenvalue weighted by molar-refractivity contribution is 7.82. The fourth-order valence-corrected chi connectivity index (χ4v) is 2.38. The number of halogens is 1. The average molecular weight is 351 g/mol. The minimum atomic E-state index is 0.257. The van der Waals surface area contributed by atoms with Gasteiger partial charge in [0.15, 0.2) is 5.11 Å². The van der Waals surface area contributed by atoms with Crippen LogP contribution >= 0.6 is 36.0 Å².